The standard InChI is InChI=1S/C17H18N2O4/c1-22-15-9-11-7-8-18-17(13(11)10-16(15)23-2)12-5-3-4-6-14(12)19(20)21/h3-6,9-10,17-18H,7-8H2,1-2H3. The second-order valence-electron chi connectivity index (χ2n) is 5.36. The fraction of sp³-hybridized carbons (Fsp3) is 0.294. The van der Waals surface area contributed by atoms with Gasteiger partial charge in [0.1, 0.15) is 0 Å². The number of nitro benzene ring substituents is 1. The molecular formula is C17H18N2O4. The Morgan fingerprint density at radius 1 is 1.13 bits per heavy atom. The van der Waals surface area contributed by atoms with Gasteiger partial charge in [0.15, 0.2) is 11.5 Å². The first-order valence-electron chi connectivity index (χ1n) is 7.37. The van der Waals surface area contributed by atoms with Gasteiger partial charge in [0.2, 0.25) is 0 Å². The van der Waals surface area contributed by atoms with Crippen molar-refractivity contribution >= 4 is 5.69 Å². The van der Waals surface area contributed by atoms with E-state index in [1.54, 1.807) is 26.4 Å². The van der Waals surface area contributed by atoms with Crippen LogP contribution in [-0.2, 0) is 6.42 Å². The molecule has 0 saturated carbocycles. The predicted molar refractivity (Wildman–Crippen MR) is 86.2 cm³/mol. The lowest BCUT2D eigenvalue weighted by molar-refractivity contribution is -0.385. The van der Waals surface area contributed by atoms with Gasteiger partial charge in [-0.3, -0.25) is 10.1 Å². The number of nitro groups is 1. The maximum atomic E-state index is 11.3. The van der Waals surface area contributed by atoms with Gasteiger partial charge in [-0.25, -0.2) is 0 Å². The fourth-order valence-corrected chi connectivity index (χ4v) is 3.06. The van der Waals surface area contributed by atoms with Crippen LogP contribution in [0, 0.1) is 10.1 Å². The normalized spacial score (nSPS) is 16.5. The molecule has 0 spiro atoms. The second-order valence-corrected chi connectivity index (χ2v) is 5.36. The first-order valence-corrected chi connectivity index (χ1v) is 7.37. The van der Waals surface area contributed by atoms with Crippen LogP contribution in [0.3, 0.4) is 0 Å². The van der Waals surface area contributed by atoms with E-state index in [4.69, 9.17) is 9.47 Å². The largest absolute Gasteiger partial charge is 0.493 e. The third-order valence-corrected chi connectivity index (χ3v) is 4.14. The lowest BCUT2D eigenvalue weighted by atomic mass is 9.88. The number of nitrogens with zero attached hydrogens (tertiary/aromatic N) is 1. The maximum Gasteiger partial charge on any atom is 0.274 e. The third kappa shape index (κ3) is 2.73. The minimum Gasteiger partial charge on any atom is -0.493 e. The number of methoxy groups -OCH3 is 2. The van der Waals surface area contributed by atoms with E-state index in [-0.39, 0.29) is 16.7 Å². The fourth-order valence-electron chi connectivity index (χ4n) is 3.06. The van der Waals surface area contributed by atoms with Gasteiger partial charge < -0.3 is 14.8 Å². The van der Waals surface area contributed by atoms with Crippen molar-refractivity contribution in [1.29, 1.82) is 0 Å². The number of hydrogen-bond acceptors (Lipinski definition) is 5. The number of benzene rings is 2. The van der Waals surface area contributed by atoms with Crippen LogP contribution in [0.1, 0.15) is 22.7 Å². The first-order chi connectivity index (χ1) is 11.2. The molecule has 2 aromatic carbocycles. The van der Waals surface area contributed by atoms with Crippen molar-refractivity contribution in [2.75, 3.05) is 20.8 Å². The van der Waals surface area contributed by atoms with Crippen LogP contribution in [-0.4, -0.2) is 25.7 Å². The summed E-state index contributed by atoms with van der Waals surface area (Å²) in [6.07, 6.45) is 0.840. The lowest BCUT2D eigenvalue weighted by Crippen LogP contribution is -2.31. The van der Waals surface area contributed by atoms with Gasteiger partial charge in [-0.15, -0.1) is 0 Å². The highest BCUT2D eigenvalue weighted by atomic mass is 16.6. The topological polar surface area (TPSA) is 73.6 Å². The number of nitrogens with one attached hydrogen (secondary N) is 1. The van der Waals surface area contributed by atoms with Crippen molar-refractivity contribution in [3.8, 4) is 11.5 Å². The molecule has 0 saturated heterocycles. The summed E-state index contributed by atoms with van der Waals surface area (Å²) in [5.41, 5.74) is 2.88. The van der Waals surface area contributed by atoms with Crippen LogP contribution in [0.15, 0.2) is 36.4 Å². The summed E-state index contributed by atoms with van der Waals surface area (Å²) < 4.78 is 10.7. The molecule has 120 valence electrons. The Balaban J connectivity index is 2.14. The number of rotatable bonds is 4. The predicted octanol–water partition coefficient (Wildman–Crippen LogP) is 2.85. The Hall–Kier alpha value is -2.60. The van der Waals surface area contributed by atoms with Crippen LogP contribution in [0.4, 0.5) is 5.69 Å². The van der Waals surface area contributed by atoms with E-state index < -0.39 is 0 Å². The number of ether oxygens (including phenoxy) is 2. The minimum absolute atomic E-state index is 0.118. The van der Waals surface area contributed by atoms with Gasteiger partial charge >= 0.3 is 0 Å². The molecule has 3 rings (SSSR count). The van der Waals surface area contributed by atoms with E-state index in [9.17, 15) is 10.1 Å². The van der Waals surface area contributed by atoms with Crippen molar-refractivity contribution in [3.05, 3.63) is 63.2 Å². The van der Waals surface area contributed by atoms with Crippen molar-refractivity contribution < 1.29 is 14.4 Å². The molecule has 0 bridgehead atoms. The van der Waals surface area contributed by atoms with Crippen molar-refractivity contribution in [2.45, 2.75) is 12.5 Å². The average molecular weight is 314 g/mol. The Kier molecular flexibility index (Phi) is 4.16. The SMILES string of the molecule is COc1cc2c(cc1OC)C(c1ccccc1[N+](=O)[O-])NCC2. The van der Waals surface area contributed by atoms with E-state index in [2.05, 4.69) is 5.32 Å². The molecule has 0 fully saturated rings. The molecular weight excluding hydrogens is 296 g/mol. The van der Waals surface area contributed by atoms with Gasteiger partial charge in [-0.1, -0.05) is 18.2 Å². The lowest BCUT2D eigenvalue weighted by Gasteiger charge is -2.28. The molecule has 1 unspecified atom stereocenters. The zero-order chi connectivity index (χ0) is 16.4. The zero-order valence-electron chi connectivity index (χ0n) is 13.0. The summed E-state index contributed by atoms with van der Waals surface area (Å²) in [7, 11) is 3.19. The van der Waals surface area contributed by atoms with Crippen LogP contribution in [0.25, 0.3) is 0 Å². The smallest absolute Gasteiger partial charge is 0.274 e. The van der Waals surface area contributed by atoms with E-state index in [1.807, 2.05) is 18.2 Å². The molecule has 1 aliphatic rings. The zero-order valence-corrected chi connectivity index (χ0v) is 13.0. The Morgan fingerprint density at radius 2 is 1.83 bits per heavy atom. The second kappa shape index (κ2) is 6.26. The molecule has 0 radical (unpaired) electrons. The average Bonchev–Trinajstić information content (AvgIpc) is 2.59. The summed E-state index contributed by atoms with van der Waals surface area (Å²) in [6.45, 7) is 0.749. The molecule has 1 N–H and O–H groups in total. The molecule has 2 aromatic rings. The first kappa shape index (κ1) is 15.3. The monoisotopic (exact) mass is 314 g/mol. The molecule has 1 atom stereocenters. The quantitative estimate of drug-likeness (QED) is 0.694. The van der Waals surface area contributed by atoms with Crippen LogP contribution in [0.2, 0.25) is 0 Å². The summed E-state index contributed by atoms with van der Waals surface area (Å²) in [5, 5.41) is 14.7. The van der Waals surface area contributed by atoms with Crippen LogP contribution >= 0.6 is 0 Å². The Bertz CT molecular complexity index is 745. The summed E-state index contributed by atoms with van der Waals surface area (Å²) >= 11 is 0. The molecule has 1 aliphatic heterocycles. The van der Waals surface area contributed by atoms with E-state index >= 15 is 0 Å². The van der Waals surface area contributed by atoms with Gasteiger partial charge in [0.25, 0.3) is 5.69 Å². The highest BCUT2D eigenvalue weighted by Gasteiger charge is 2.28. The highest BCUT2D eigenvalue weighted by Crippen LogP contribution is 2.39. The van der Waals surface area contributed by atoms with E-state index in [0.29, 0.717) is 17.1 Å². The highest BCUT2D eigenvalue weighted by molar-refractivity contribution is 5.54. The summed E-state index contributed by atoms with van der Waals surface area (Å²) in [4.78, 5) is 11.0. The molecule has 6 nitrogen and oxygen atoms in total. The number of para-hydroxylation sites is 1. The Labute approximate surface area is 134 Å². The molecule has 1 heterocycles. The van der Waals surface area contributed by atoms with Crippen LogP contribution in [0.5, 0.6) is 11.5 Å². The molecule has 0 amide bonds. The Morgan fingerprint density at radius 3 is 2.52 bits per heavy atom. The molecule has 0 aliphatic carbocycles. The number of hydrogen-bond donors (Lipinski definition) is 1. The van der Waals surface area contributed by atoms with Gasteiger partial charge in [0.05, 0.1) is 30.7 Å². The summed E-state index contributed by atoms with van der Waals surface area (Å²) in [6, 6.07) is 10.4. The molecule has 0 aromatic heterocycles. The number of fused-ring (bicyclic) bond motifs is 1. The van der Waals surface area contributed by atoms with Crippen molar-refractivity contribution in [3.63, 3.8) is 0 Å². The van der Waals surface area contributed by atoms with Gasteiger partial charge in [0, 0.05) is 12.6 Å². The maximum absolute atomic E-state index is 11.3. The molecule has 23 heavy (non-hydrogen) atoms. The van der Waals surface area contributed by atoms with Gasteiger partial charge in [-0.2, -0.15) is 0 Å². The van der Waals surface area contributed by atoms with Gasteiger partial charge in [-0.05, 0) is 29.7 Å². The third-order valence-electron chi connectivity index (χ3n) is 4.14. The van der Waals surface area contributed by atoms with Crippen LogP contribution < -0.4 is 14.8 Å². The van der Waals surface area contributed by atoms with E-state index in [1.165, 1.54) is 6.07 Å². The van der Waals surface area contributed by atoms with E-state index in [0.717, 1.165) is 24.1 Å². The molecule has 6 heteroatoms. The van der Waals surface area contributed by atoms with Crippen molar-refractivity contribution in [1.82, 2.24) is 5.32 Å². The van der Waals surface area contributed by atoms with Crippen molar-refractivity contribution in [2.24, 2.45) is 0 Å². The minimum atomic E-state index is -0.341. The summed E-state index contributed by atoms with van der Waals surface area (Å²) in [5.74, 6) is 1.30.